The highest BCUT2D eigenvalue weighted by atomic mass is 32.1. The monoisotopic (exact) mass is 315 g/mol. The zero-order chi connectivity index (χ0) is 15.4. The highest BCUT2D eigenvalue weighted by Gasteiger charge is 2.06. The second-order valence-corrected chi connectivity index (χ2v) is 5.45. The van der Waals surface area contributed by atoms with E-state index in [2.05, 4.69) is 24.6 Å². The number of aromatic amines is 1. The van der Waals surface area contributed by atoms with Crippen molar-refractivity contribution in [1.29, 1.82) is 0 Å². The van der Waals surface area contributed by atoms with Gasteiger partial charge < -0.3 is 15.0 Å². The number of H-pyrrole nitrogens is 1. The lowest BCUT2D eigenvalue weighted by Gasteiger charge is -2.01. The van der Waals surface area contributed by atoms with Crippen LogP contribution in [0.4, 0.5) is 5.13 Å². The van der Waals surface area contributed by atoms with Gasteiger partial charge in [0, 0.05) is 18.0 Å². The van der Waals surface area contributed by atoms with E-state index in [1.54, 1.807) is 7.11 Å². The molecule has 3 aromatic rings. The smallest absolute Gasteiger partial charge is 0.202 e. The fourth-order valence-corrected chi connectivity index (χ4v) is 2.64. The third-order valence-electron chi connectivity index (χ3n) is 3.22. The maximum atomic E-state index is 5.16. The van der Waals surface area contributed by atoms with Gasteiger partial charge >= 0.3 is 0 Å². The van der Waals surface area contributed by atoms with Gasteiger partial charge in [0.2, 0.25) is 5.13 Å². The minimum Gasteiger partial charge on any atom is -0.497 e. The number of hydrogen-bond donors (Lipinski definition) is 2. The predicted octanol–water partition coefficient (Wildman–Crippen LogP) is 3.11. The summed E-state index contributed by atoms with van der Waals surface area (Å²) in [5.41, 5.74) is 2.05. The zero-order valence-corrected chi connectivity index (χ0v) is 13.3. The summed E-state index contributed by atoms with van der Waals surface area (Å²) < 4.78 is 9.40. The van der Waals surface area contributed by atoms with Gasteiger partial charge in [-0.25, -0.2) is 9.97 Å². The zero-order valence-electron chi connectivity index (χ0n) is 12.5. The third-order valence-corrected chi connectivity index (χ3v) is 3.93. The van der Waals surface area contributed by atoms with Gasteiger partial charge in [-0.3, -0.25) is 0 Å². The van der Waals surface area contributed by atoms with Gasteiger partial charge in [0.15, 0.2) is 0 Å². The van der Waals surface area contributed by atoms with Gasteiger partial charge in [0.05, 0.1) is 25.5 Å². The Morgan fingerprint density at radius 2 is 2.09 bits per heavy atom. The number of nitrogens with one attached hydrogen (secondary N) is 2. The molecular formula is C15H17N5OS. The molecular weight excluding hydrogens is 298 g/mol. The maximum absolute atomic E-state index is 5.16. The Morgan fingerprint density at radius 1 is 1.27 bits per heavy atom. The number of anilines is 1. The molecule has 6 nitrogen and oxygen atoms in total. The van der Waals surface area contributed by atoms with E-state index in [4.69, 9.17) is 4.74 Å². The van der Waals surface area contributed by atoms with Gasteiger partial charge in [-0.15, -0.1) is 0 Å². The highest BCUT2D eigenvalue weighted by molar-refractivity contribution is 7.09. The number of benzene rings is 1. The summed E-state index contributed by atoms with van der Waals surface area (Å²) in [7, 11) is 1.66. The summed E-state index contributed by atoms with van der Waals surface area (Å²) in [6, 6.07) is 7.87. The number of hydrogen-bond acceptors (Lipinski definition) is 6. The topological polar surface area (TPSA) is 75.7 Å². The first-order chi connectivity index (χ1) is 10.8. The van der Waals surface area contributed by atoms with Crippen LogP contribution in [0.3, 0.4) is 0 Å². The summed E-state index contributed by atoms with van der Waals surface area (Å²) >= 11 is 1.37. The Labute approximate surface area is 132 Å². The summed E-state index contributed by atoms with van der Waals surface area (Å²) in [6.45, 7) is 2.63. The van der Waals surface area contributed by atoms with Crippen LogP contribution < -0.4 is 10.1 Å². The fraction of sp³-hybridized carbons (Fsp3) is 0.267. The van der Waals surface area contributed by atoms with Crippen LogP contribution in [-0.4, -0.2) is 26.4 Å². The molecule has 1 aromatic carbocycles. The van der Waals surface area contributed by atoms with Crippen molar-refractivity contribution in [3.8, 4) is 17.0 Å². The number of nitrogens with zero attached hydrogens (tertiary/aromatic N) is 3. The summed E-state index contributed by atoms with van der Waals surface area (Å²) in [6.07, 6.45) is 2.68. The molecule has 0 atom stereocenters. The molecule has 2 N–H and O–H groups in total. The molecule has 0 bridgehead atoms. The number of aromatic nitrogens is 4. The lowest BCUT2D eigenvalue weighted by atomic mass is 10.2. The van der Waals surface area contributed by atoms with Crippen molar-refractivity contribution in [3.63, 3.8) is 0 Å². The van der Waals surface area contributed by atoms with Crippen molar-refractivity contribution in [1.82, 2.24) is 19.3 Å². The number of aryl methyl sites for hydroxylation is 1. The van der Waals surface area contributed by atoms with Gasteiger partial charge in [-0.05, 0) is 29.8 Å². The van der Waals surface area contributed by atoms with Gasteiger partial charge in [-0.1, -0.05) is 6.92 Å². The normalized spacial score (nSPS) is 10.6. The molecule has 0 aliphatic rings. The van der Waals surface area contributed by atoms with Crippen molar-refractivity contribution >= 4 is 16.7 Å². The summed E-state index contributed by atoms with van der Waals surface area (Å²) in [5, 5.41) is 4.05. The Kier molecular flexibility index (Phi) is 4.34. The lowest BCUT2D eigenvalue weighted by Crippen LogP contribution is -2.01. The molecule has 0 unspecified atom stereocenters. The Hall–Kier alpha value is -2.41. The molecule has 0 radical (unpaired) electrons. The van der Waals surface area contributed by atoms with E-state index < -0.39 is 0 Å². The molecule has 0 saturated carbocycles. The van der Waals surface area contributed by atoms with Crippen LogP contribution in [0, 0.1) is 0 Å². The maximum Gasteiger partial charge on any atom is 0.202 e. The number of rotatable bonds is 6. The second kappa shape index (κ2) is 6.57. The first kappa shape index (κ1) is 14.5. The SMILES string of the molecule is CCc1nsc(NCc2ncc(-c3ccc(OC)cc3)[nH]2)n1. The largest absolute Gasteiger partial charge is 0.497 e. The van der Waals surface area contributed by atoms with E-state index in [1.807, 2.05) is 37.4 Å². The van der Waals surface area contributed by atoms with Crippen LogP contribution in [-0.2, 0) is 13.0 Å². The average Bonchev–Trinajstić information content (AvgIpc) is 3.22. The van der Waals surface area contributed by atoms with Crippen molar-refractivity contribution in [2.24, 2.45) is 0 Å². The van der Waals surface area contributed by atoms with Crippen molar-refractivity contribution in [2.75, 3.05) is 12.4 Å². The molecule has 22 heavy (non-hydrogen) atoms. The van der Waals surface area contributed by atoms with Crippen molar-refractivity contribution in [2.45, 2.75) is 19.9 Å². The van der Waals surface area contributed by atoms with Crippen LogP contribution in [0.2, 0.25) is 0 Å². The molecule has 7 heteroatoms. The van der Waals surface area contributed by atoms with Gasteiger partial charge in [0.25, 0.3) is 0 Å². The quantitative estimate of drug-likeness (QED) is 0.731. The van der Waals surface area contributed by atoms with Crippen LogP contribution >= 0.6 is 11.5 Å². The lowest BCUT2D eigenvalue weighted by molar-refractivity contribution is 0.415. The van der Waals surface area contributed by atoms with E-state index in [0.29, 0.717) is 6.54 Å². The van der Waals surface area contributed by atoms with E-state index in [9.17, 15) is 0 Å². The summed E-state index contributed by atoms with van der Waals surface area (Å²) in [5.74, 6) is 2.57. The molecule has 2 heterocycles. The average molecular weight is 315 g/mol. The molecule has 3 rings (SSSR count). The summed E-state index contributed by atoms with van der Waals surface area (Å²) in [4.78, 5) is 12.1. The molecule has 2 aromatic heterocycles. The molecule has 0 aliphatic carbocycles. The van der Waals surface area contributed by atoms with Crippen molar-refractivity contribution in [3.05, 3.63) is 42.1 Å². The molecule has 0 spiro atoms. The first-order valence-corrected chi connectivity index (χ1v) is 7.80. The predicted molar refractivity (Wildman–Crippen MR) is 87.2 cm³/mol. The molecule has 0 amide bonds. The minimum absolute atomic E-state index is 0.592. The minimum atomic E-state index is 0.592. The number of imidazole rings is 1. The molecule has 0 fully saturated rings. The van der Waals surface area contributed by atoms with Crippen LogP contribution in [0.1, 0.15) is 18.6 Å². The van der Waals surface area contributed by atoms with Crippen LogP contribution in [0.5, 0.6) is 5.75 Å². The Morgan fingerprint density at radius 3 is 2.77 bits per heavy atom. The standard InChI is InChI=1S/C15H17N5OS/c1-3-13-19-15(22-20-13)17-9-14-16-8-12(18-14)10-4-6-11(21-2)7-5-10/h4-8H,3,9H2,1-2H3,(H,16,18)(H,17,19,20). The second-order valence-electron chi connectivity index (χ2n) is 4.69. The van der Waals surface area contributed by atoms with E-state index in [1.165, 1.54) is 11.5 Å². The highest BCUT2D eigenvalue weighted by Crippen LogP contribution is 2.21. The van der Waals surface area contributed by atoms with Crippen LogP contribution in [0.25, 0.3) is 11.3 Å². The van der Waals surface area contributed by atoms with Crippen LogP contribution in [0.15, 0.2) is 30.5 Å². The van der Waals surface area contributed by atoms with Gasteiger partial charge in [-0.2, -0.15) is 4.37 Å². The fourth-order valence-electron chi connectivity index (χ4n) is 2.00. The van der Waals surface area contributed by atoms with E-state index >= 15 is 0 Å². The first-order valence-electron chi connectivity index (χ1n) is 7.03. The Bertz CT molecular complexity index is 734. The van der Waals surface area contributed by atoms with Crippen molar-refractivity contribution < 1.29 is 4.74 Å². The van der Waals surface area contributed by atoms with E-state index in [0.717, 1.165) is 40.2 Å². The van der Waals surface area contributed by atoms with E-state index in [-0.39, 0.29) is 0 Å². The molecule has 0 aliphatic heterocycles. The van der Waals surface area contributed by atoms with Gasteiger partial charge in [0.1, 0.15) is 17.4 Å². The number of ether oxygens (including phenoxy) is 1. The Balaban J connectivity index is 1.65. The molecule has 114 valence electrons. The number of methoxy groups -OCH3 is 1. The molecule has 0 saturated heterocycles. The third kappa shape index (κ3) is 3.25.